The second-order valence-corrected chi connectivity index (χ2v) is 26.1. The molecule has 1 unspecified atom stereocenters. The Balaban J connectivity index is 1.79. The molecule has 528 valence electrons. The lowest BCUT2D eigenvalue weighted by molar-refractivity contribution is -0.250. The molecule has 2 saturated heterocycles. The van der Waals surface area contributed by atoms with Crippen LogP contribution in [0, 0.1) is 17.8 Å². The van der Waals surface area contributed by atoms with Gasteiger partial charge < -0.3 is 117 Å². The summed E-state index contributed by atoms with van der Waals surface area (Å²) in [5.41, 5.74) is 1.38. The van der Waals surface area contributed by atoms with E-state index in [2.05, 4.69) is 6.58 Å². The quantitative estimate of drug-likeness (QED) is 0.0222. The standard InChI is InChI=1S/C65H117ClO24/c1-37(19-15-21-41(68)22-17-23-42(69)33-44(71)34-43(70)24-18-32-67)53(78)47(74)29-27-39(3)55(80)57(82)45(72)26-16-20-38(2)54(79)49(76)35-52-61(86)62(87)63(88)64(89-52)48(75)30-28-40(4)56(81)60(85)51-36-50(77)59(84)65(90-51)58(83)46(73)25-13-11-9-7-5-6-8-10-12-14-31-66/h10,12-14,25,31,37-39,41-43,45-65,67-70,72-88H,4-9,11,15-24,26-30,32-36H2,1-3H3/b12-10+,25-13+,31-14+/t37-,38-,39+,41-,42?,43+,45-,46-,47-,48+,49-,50+,51+,52-,53-,54-,55-,56+,57+,58-,59+,60-,61-,62-,63+,64-,65-/m1/s1. The molecule has 2 heterocycles. The van der Waals surface area contributed by atoms with Crippen LogP contribution in [0.3, 0.4) is 0 Å². The van der Waals surface area contributed by atoms with E-state index in [-0.39, 0.29) is 88.1 Å². The van der Waals surface area contributed by atoms with E-state index in [4.69, 9.17) is 26.2 Å². The molecule has 0 aromatic heterocycles. The summed E-state index contributed by atoms with van der Waals surface area (Å²) in [4.78, 5) is 12.1. The van der Waals surface area contributed by atoms with E-state index in [0.29, 0.717) is 57.8 Å². The summed E-state index contributed by atoms with van der Waals surface area (Å²) in [6, 6.07) is 0. The molecule has 25 heteroatoms. The van der Waals surface area contributed by atoms with Gasteiger partial charge in [0.25, 0.3) is 0 Å². The van der Waals surface area contributed by atoms with Gasteiger partial charge in [0.1, 0.15) is 72.9 Å². The highest BCUT2D eigenvalue weighted by Gasteiger charge is 2.49. The molecule has 2 aliphatic heterocycles. The molecule has 90 heavy (non-hydrogen) atoms. The van der Waals surface area contributed by atoms with Crippen molar-refractivity contribution in [1.82, 2.24) is 0 Å². The van der Waals surface area contributed by atoms with Crippen molar-refractivity contribution in [2.24, 2.45) is 17.8 Å². The lowest BCUT2D eigenvalue weighted by atomic mass is 9.85. The summed E-state index contributed by atoms with van der Waals surface area (Å²) in [5, 5.41) is 225. The first kappa shape index (κ1) is 84.1. The van der Waals surface area contributed by atoms with Crippen molar-refractivity contribution >= 4 is 17.4 Å². The van der Waals surface area contributed by atoms with Gasteiger partial charge in [-0.05, 0) is 132 Å². The van der Waals surface area contributed by atoms with Gasteiger partial charge in [-0.1, -0.05) is 95.0 Å². The Morgan fingerprint density at radius 2 is 1.06 bits per heavy atom. The number of ether oxygens (including phenoxy) is 2. The maximum Gasteiger partial charge on any atom is 0.138 e. The number of allylic oxidation sites excluding steroid dienone is 4. The predicted octanol–water partition coefficient (Wildman–Crippen LogP) is 0.383. The minimum atomic E-state index is -1.87. The molecule has 0 aliphatic carbocycles. The fourth-order valence-electron chi connectivity index (χ4n) is 11.8. The minimum absolute atomic E-state index is 0.0187. The molecule has 0 aromatic carbocycles. The molecule has 0 radical (unpaired) electrons. The topological polar surface area (TPSA) is 460 Å². The van der Waals surface area contributed by atoms with Crippen LogP contribution in [0.1, 0.15) is 181 Å². The van der Waals surface area contributed by atoms with E-state index >= 15 is 0 Å². The number of carbonyl (C=O) groups is 1. The van der Waals surface area contributed by atoms with Gasteiger partial charge in [-0.3, -0.25) is 4.79 Å². The van der Waals surface area contributed by atoms with Gasteiger partial charge in [0.15, 0.2) is 0 Å². The molecule has 24 nitrogen and oxygen atoms in total. The molecule has 21 N–H and O–H groups in total. The van der Waals surface area contributed by atoms with Gasteiger partial charge in [-0.25, -0.2) is 0 Å². The zero-order valence-corrected chi connectivity index (χ0v) is 53.9. The molecule has 2 fully saturated rings. The smallest absolute Gasteiger partial charge is 0.138 e. The average Bonchev–Trinajstić information content (AvgIpc) is 0.959. The van der Waals surface area contributed by atoms with Gasteiger partial charge >= 0.3 is 0 Å². The highest BCUT2D eigenvalue weighted by atomic mass is 35.5. The fourth-order valence-corrected chi connectivity index (χ4v) is 11.9. The Morgan fingerprint density at radius 3 is 1.66 bits per heavy atom. The van der Waals surface area contributed by atoms with Crippen molar-refractivity contribution in [2.45, 2.75) is 328 Å². The van der Waals surface area contributed by atoms with Gasteiger partial charge in [-0.2, -0.15) is 0 Å². The number of ketones is 1. The Hall–Kier alpha value is -2.00. The molecule has 0 spiro atoms. The number of unbranched alkanes of at least 4 members (excludes halogenated alkanes) is 5. The van der Waals surface area contributed by atoms with E-state index in [1.165, 1.54) is 11.6 Å². The first-order valence-corrected chi connectivity index (χ1v) is 33.2. The monoisotopic (exact) mass is 1320 g/mol. The molecular formula is C65H117ClO24. The summed E-state index contributed by atoms with van der Waals surface area (Å²) in [6.45, 7) is 8.71. The third-order valence-corrected chi connectivity index (χ3v) is 18.3. The number of hydrogen-bond acceptors (Lipinski definition) is 24. The third-order valence-electron chi connectivity index (χ3n) is 18.1. The predicted molar refractivity (Wildman–Crippen MR) is 335 cm³/mol. The number of Topliss-reactive ketones (excluding diaryl/α,β-unsaturated/α-hetero) is 1. The van der Waals surface area contributed by atoms with Crippen molar-refractivity contribution < 1.29 is 122 Å². The SMILES string of the molecule is C=C(CC[C@H](O)[C@H]1O[C@H](C[C@@H](O)[C@H](O)[C@H](C)CCC[C@@H](O)[C@H](O)[C@H](O)[C@@H](C)CC[C@@H](O)[C@H](O)[C@H](C)CCC[C@@H](O)CCCC(O)CC(=O)C[C@@H](O)CCCO)[C@@H](O)[C@@H](O)[C@@H]1O)[C@H](O)[C@H](O)[C@@H]1C[C@H](O)[C@H](O)[C@@H]([C@H](O)[C@H](O)/C=C/CCCCCC/C=C/C=C/Cl)O1. The van der Waals surface area contributed by atoms with Crippen LogP contribution in [-0.4, -0.2) is 266 Å². The van der Waals surface area contributed by atoms with Crippen LogP contribution in [0.5, 0.6) is 0 Å². The summed E-state index contributed by atoms with van der Waals surface area (Å²) in [6.07, 6.45) is -18.6. The van der Waals surface area contributed by atoms with Crippen LogP contribution in [0.15, 0.2) is 48.1 Å². The van der Waals surface area contributed by atoms with E-state index in [0.717, 1.165) is 32.1 Å². The summed E-state index contributed by atoms with van der Waals surface area (Å²) in [5.74, 6) is -1.87. The van der Waals surface area contributed by atoms with Crippen LogP contribution in [0.4, 0.5) is 0 Å². The second-order valence-electron chi connectivity index (χ2n) is 25.9. The van der Waals surface area contributed by atoms with Crippen molar-refractivity contribution in [3.8, 4) is 0 Å². The normalized spacial score (nSPS) is 28.1. The van der Waals surface area contributed by atoms with Gasteiger partial charge in [-0.15, -0.1) is 0 Å². The number of aliphatic hydroxyl groups is 21. The highest BCUT2D eigenvalue weighted by molar-refractivity contribution is 6.25. The molecule has 27 atom stereocenters. The van der Waals surface area contributed by atoms with Crippen molar-refractivity contribution in [3.05, 3.63) is 48.1 Å². The second kappa shape index (κ2) is 45.4. The molecule has 0 saturated carbocycles. The van der Waals surface area contributed by atoms with Crippen LogP contribution < -0.4 is 0 Å². The van der Waals surface area contributed by atoms with E-state index in [1.807, 2.05) is 12.2 Å². The summed E-state index contributed by atoms with van der Waals surface area (Å²) < 4.78 is 11.6. The van der Waals surface area contributed by atoms with Gasteiger partial charge in [0.2, 0.25) is 0 Å². The number of halogens is 1. The average molecular weight is 1320 g/mol. The van der Waals surface area contributed by atoms with Crippen molar-refractivity contribution in [1.29, 1.82) is 0 Å². The minimum Gasteiger partial charge on any atom is -0.396 e. The number of aliphatic hydroxyl groups excluding tert-OH is 21. The first-order valence-electron chi connectivity index (χ1n) is 32.8. The largest absolute Gasteiger partial charge is 0.396 e. The van der Waals surface area contributed by atoms with Crippen LogP contribution >= 0.6 is 11.6 Å². The third kappa shape index (κ3) is 30.4. The Kier molecular flexibility index (Phi) is 42.5. The summed E-state index contributed by atoms with van der Waals surface area (Å²) in [7, 11) is 0. The zero-order valence-electron chi connectivity index (χ0n) is 53.1. The van der Waals surface area contributed by atoms with Gasteiger partial charge in [0, 0.05) is 37.8 Å². The van der Waals surface area contributed by atoms with Crippen LogP contribution in [-0.2, 0) is 14.3 Å². The van der Waals surface area contributed by atoms with Crippen molar-refractivity contribution in [3.63, 3.8) is 0 Å². The first-order chi connectivity index (χ1) is 42.5. The molecule has 2 aliphatic rings. The zero-order chi connectivity index (χ0) is 67.8. The van der Waals surface area contributed by atoms with Gasteiger partial charge in [0.05, 0.1) is 79.4 Å². The summed E-state index contributed by atoms with van der Waals surface area (Å²) >= 11 is 5.49. The number of carbonyl (C=O) groups excluding carboxylic acids is 1. The fraction of sp³-hybridized carbons (Fsp3) is 0.862. The molecule has 2 rings (SSSR count). The molecular weight excluding hydrogens is 1200 g/mol. The van der Waals surface area contributed by atoms with E-state index < -0.39 is 165 Å². The molecule has 0 bridgehead atoms. The maximum atomic E-state index is 12.1. The lowest BCUT2D eigenvalue weighted by Crippen LogP contribution is -2.61. The van der Waals surface area contributed by atoms with E-state index in [1.54, 1.807) is 32.9 Å². The molecule has 0 amide bonds. The maximum absolute atomic E-state index is 12.1. The Bertz CT molecular complexity index is 1990. The van der Waals surface area contributed by atoms with Crippen LogP contribution in [0.25, 0.3) is 0 Å². The molecule has 0 aromatic rings. The number of hydrogen-bond donors (Lipinski definition) is 21. The number of rotatable bonds is 49. The Labute approximate surface area is 537 Å². The Morgan fingerprint density at radius 1 is 0.522 bits per heavy atom. The highest BCUT2D eigenvalue weighted by Crippen LogP contribution is 2.33. The lowest BCUT2D eigenvalue weighted by Gasteiger charge is -2.43. The van der Waals surface area contributed by atoms with Crippen LogP contribution in [0.2, 0.25) is 0 Å². The van der Waals surface area contributed by atoms with Crippen molar-refractivity contribution in [2.75, 3.05) is 6.61 Å². The van der Waals surface area contributed by atoms with E-state index in [9.17, 15) is 107 Å².